The minimum absolute atomic E-state index is 0.267. The largest absolute Gasteiger partial charge is 0.309 e. The van der Waals surface area contributed by atoms with Gasteiger partial charge in [0, 0.05) is 32.9 Å². The molecular formula is C67H43FN2. The van der Waals surface area contributed by atoms with Gasteiger partial charge in [0.2, 0.25) is 0 Å². The van der Waals surface area contributed by atoms with Gasteiger partial charge in [-0.05, 0) is 127 Å². The Kier molecular flexibility index (Phi) is 9.02. The van der Waals surface area contributed by atoms with E-state index in [4.69, 9.17) is 0 Å². The molecule has 12 aromatic carbocycles. The summed E-state index contributed by atoms with van der Waals surface area (Å²) in [6.07, 6.45) is 0. The van der Waals surface area contributed by atoms with E-state index >= 15 is 0 Å². The molecule has 14 rings (SSSR count). The lowest BCUT2D eigenvalue weighted by Crippen LogP contribution is -2.28. The fourth-order valence-corrected chi connectivity index (χ4v) is 11.9. The number of halogens is 1. The van der Waals surface area contributed by atoms with Crippen molar-refractivity contribution in [1.29, 1.82) is 0 Å². The maximum absolute atomic E-state index is 14.7. The zero-order chi connectivity index (χ0) is 46.3. The van der Waals surface area contributed by atoms with Crippen molar-refractivity contribution >= 4 is 71.2 Å². The Labute approximate surface area is 405 Å². The number of rotatable bonds is 7. The Hall–Kier alpha value is -9.05. The Bertz CT molecular complexity index is 4150. The summed E-state index contributed by atoms with van der Waals surface area (Å²) in [7, 11) is 0. The Morgan fingerprint density at radius 3 is 1.67 bits per heavy atom. The summed E-state index contributed by atoms with van der Waals surface area (Å²) in [5, 5.41) is 9.28. The van der Waals surface area contributed by atoms with E-state index in [9.17, 15) is 4.39 Å². The molecule has 70 heavy (non-hydrogen) atoms. The molecule has 0 fully saturated rings. The molecule has 0 amide bonds. The maximum atomic E-state index is 14.7. The average molecular weight is 895 g/mol. The van der Waals surface area contributed by atoms with Crippen LogP contribution in [0.2, 0.25) is 0 Å². The highest BCUT2D eigenvalue weighted by molar-refractivity contribution is 6.17. The van der Waals surface area contributed by atoms with Crippen molar-refractivity contribution in [2.75, 3.05) is 4.90 Å². The van der Waals surface area contributed by atoms with Gasteiger partial charge in [-0.1, -0.05) is 200 Å². The van der Waals surface area contributed by atoms with Gasteiger partial charge >= 0.3 is 0 Å². The van der Waals surface area contributed by atoms with Crippen LogP contribution < -0.4 is 4.90 Å². The molecule has 3 heteroatoms. The van der Waals surface area contributed by atoms with Crippen molar-refractivity contribution in [3.05, 3.63) is 289 Å². The van der Waals surface area contributed by atoms with Crippen LogP contribution in [0.4, 0.5) is 21.5 Å². The number of benzene rings is 12. The van der Waals surface area contributed by atoms with Gasteiger partial charge in [-0.2, -0.15) is 0 Å². The minimum atomic E-state index is -0.518. The van der Waals surface area contributed by atoms with Crippen LogP contribution in [0.15, 0.2) is 261 Å². The second-order valence-electron chi connectivity index (χ2n) is 18.5. The van der Waals surface area contributed by atoms with Gasteiger partial charge in [-0.25, -0.2) is 4.39 Å². The van der Waals surface area contributed by atoms with E-state index in [0.29, 0.717) is 0 Å². The van der Waals surface area contributed by atoms with Gasteiger partial charge < -0.3 is 9.47 Å². The summed E-state index contributed by atoms with van der Waals surface area (Å²) in [4.78, 5) is 2.30. The summed E-state index contributed by atoms with van der Waals surface area (Å²) >= 11 is 0. The standard InChI is InChI=1S/C67H43FN2/c68-48-32-34-49(35-33-48)69(65-41-44-17-7-8-22-51(44)53-23-10-12-27-58(53)65)64-40-39-52(54-24-9-11-26-57(54)64)45-31-37-60-59-28-14-16-30-63(59)70(66(60)42-45)50-36-38-56-55-25-13-15-29-61(55)67(62(56)43-50,46-18-3-1-4-19-46)47-20-5-2-6-21-47/h1-43H. The fourth-order valence-electron chi connectivity index (χ4n) is 11.9. The van der Waals surface area contributed by atoms with Gasteiger partial charge in [0.1, 0.15) is 5.82 Å². The summed E-state index contributed by atoms with van der Waals surface area (Å²) in [6.45, 7) is 0. The van der Waals surface area contributed by atoms with E-state index in [-0.39, 0.29) is 5.82 Å². The van der Waals surface area contributed by atoms with E-state index in [0.717, 1.165) is 66.5 Å². The van der Waals surface area contributed by atoms with Crippen LogP contribution in [0.25, 0.3) is 82.1 Å². The van der Waals surface area contributed by atoms with Crippen LogP contribution in [-0.4, -0.2) is 4.57 Å². The lowest BCUT2D eigenvalue weighted by Gasteiger charge is -2.34. The second kappa shape index (κ2) is 15.8. The number of fused-ring (bicyclic) bond motifs is 10. The predicted molar refractivity (Wildman–Crippen MR) is 291 cm³/mol. The third-order valence-corrected chi connectivity index (χ3v) is 14.9. The molecule has 328 valence electrons. The van der Waals surface area contributed by atoms with Crippen molar-refractivity contribution in [2.24, 2.45) is 0 Å². The van der Waals surface area contributed by atoms with Crippen LogP contribution in [0.5, 0.6) is 0 Å². The molecule has 0 atom stereocenters. The van der Waals surface area contributed by atoms with Crippen LogP contribution in [0, 0.1) is 5.82 Å². The quantitative estimate of drug-likeness (QED) is 0.145. The third-order valence-electron chi connectivity index (χ3n) is 14.9. The molecule has 0 radical (unpaired) electrons. The van der Waals surface area contributed by atoms with E-state index < -0.39 is 5.41 Å². The smallest absolute Gasteiger partial charge is 0.123 e. The zero-order valence-corrected chi connectivity index (χ0v) is 38.1. The number of anilines is 3. The SMILES string of the molecule is Fc1ccc(N(c2ccc(-c3ccc4c5ccccc5n(-c5ccc6c(c5)C(c5ccccc5)(c5ccccc5)c5ccccc5-6)c4c3)c3ccccc23)c2cc3ccccc3c3ccccc23)cc1. The molecule has 0 N–H and O–H groups in total. The molecule has 0 spiro atoms. The van der Waals surface area contributed by atoms with E-state index in [1.807, 2.05) is 12.1 Å². The van der Waals surface area contributed by atoms with Crippen molar-refractivity contribution in [2.45, 2.75) is 5.41 Å². The van der Waals surface area contributed by atoms with E-state index in [1.165, 1.54) is 54.9 Å². The highest BCUT2D eigenvalue weighted by Crippen LogP contribution is 2.57. The summed E-state index contributed by atoms with van der Waals surface area (Å²) in [6, 6.07) is 93.4. The Morgan fingerprint density at radius 2 is 0.914 bits per heavy atom. The van der Waals surface area contributed by atoms with Gasteiger partial charge in [-0.15, -0.1) is 0 Å². The molecule has 2 nitrogen and oxygen atoms in total. The summed E-state index contributed by atoms with van der Waals surface area (Å²) < 4.78 is 17.2. The van der Waals surface area contributed by atoms with Gasteiger partial charge in [0.05, 0.1) is 27.8 Å². The number of aromatic nitrogens is 1. The van der Waals surface area contributed by atoms with Crippen LogP contribution in [0.1, 0.15) is 22.3 Å². The van der Waals surface area contributed by atoms with Crippen LogP contribution >= 0.6 is 0 Å². The minimum Gasteiger partial charge on any atom is -0.309 e. The first-order valence-electron chi connectivity index (χ1n) is 24.0. The highest BCUT2D eigenvalue weighted by Gasteiger charge is 2.46. The monoisotopic (exact) mass is 894 g/mol. The molecule has 0 bridgehead atoms. The van der Waals surface area contributed by atoms with Crippen molar-refractivity contribution in [3.8, 4) is 27.9 Å². The first kappa shape index (κ1) is 40.1. The summed E-state index contributed by atoms with van der Waals surface area (Å²) in [5.74, 6) is -0.267. The molecule has 1 aliphatic carbocycles. The zero-order valence-electron chi connectivity index (χ0n) is 38.1. The van der Waals surface area contributed by atoms with Crippen molar-refractivity contribution < 1.29 is 4.39 Å². The van der Waals surface area contributed by atoms with Crippen molar-refractivity contribution in [1.82, 2.24) is 4.57 Å². The third kappa shape index (κ3) is 5.91. The van der Waals surface area contributed by atoms with Gasteiger partial charge in [0.15, 0.2) is 0 Å². The lowest BCUT2D eigenvalue weighted by molar-refractivity contribution is 0.628. The Balaban J connectivity index is 0.982. The van der Waals surface area contributed by atoms with Crippen LogP contribution in [-0.2, 0) is 5.41 Å². The molecule has 1 heterocycles. The van der Waals surface area contributed by atoms with Gasteiger partial charge in [0.25, 0.3) is 0 Å². The Morgan fingerprint density at radius 1 is 0.343 bits per heavy atom. The molecule has 0 saturated carbocycles. The molecular weight excluding hydrogens is 852 g/mol. The first-order chi connectivity index (χ1) is 34.6. The predicted octanol–water partition coefficient (Wildman–Crippen LogP) is 17.9. The number of hydrogen-bond acceptors (Lipinski definition) is 1. The van der Waals surface area contributed by atoms with E-state index in [2.05, 4.69) is 246 Å². The average Bonchev–Trinajstić information content (AvgIpc) is 3.92. The number of nitrogens with zero attached hydrogens (tertiary/aromatic N) is 2. The maximum Gasteiger partial charge on any atom is 0.123 e. The fraction of sp³-hybridized carbons (Fsp3) is 0.0149. The molecule has 0 unspecified atom stereocenters. The summed E-state index contributed by atoms with van der Waals surface area (Å²) in [5.41, 5.74) is 15.7. The molecule has 0 saturated heterocycles. The normalized spacial score (nSPS) is 12.8. The van der Waals surface area contributed by atoms with E-state index in [1.54, 1.807) is 12.1 Å². The molecule has 1 aliphatic rings. The second-order valence-corrected chi connectivity index (χ2v) is 18.5. The molecule has 0 aliphatic heterocycles. The van der Waals surface area contributed by atoms with Crippen LogP contribution in [0.3, 0.4) is 0 Å². The van der Waals surface area contributed by atoms with Crippen molar-refractivity contribution in [3.63, 3.8) is 0 Å². The topological polar surface area (TPSA) is 8.17 Å². The lowest BCUT2D eigenvalue weighted by atomic mass is 9.67. The highest BCUT2D eigenvalue weighted by atomic mass is 19.1. The number of para-hydroxylation sites is 1. The molecule has 1 aromatic heterocycles. The van der Waals surface area contributed by atoms with Gasteiger partial charge in [-0.3, -0.25) is 0 Å². The number of hydrogen-bond donors (Lipinski definition) is 0. The first-order valence-corrected chi connectivity index (χ1v) is 24.0. The molecule has 13 aromatic rings.